The molecular formula is C38H47ClN4O4S. The molecule has 2 aliphatic heterocycles. The molecule has 7 rings (SSSR count). The number of rotatable bonds is 4. The molecule has 48 heavy (non-hydrogen) atoms. The first-order chi connectivity index (χ1) is 23.2. The third-order valence-corrected chi connectivity index (χ3v) is 13.6. The Kier molecular flexibility index (Phi) is 9.39. The van der Waals surface area contributed by atoms with Gasteiger partial charge in [0.05, 0.1) is 28.1 Å². The predicted molar refractivity (Wildman–Crippen MR) is 193 cm³/mol. The summed E-state index contributed by atoms with van der Waals surface area (Å²) in [5.74, 6) is 6.07. The van der Waals surface area contributed by atoms with Crippen LogP contribution in [0.1, 0.15) is 79.2 Å². The van der Waals surface area contributed by atoms with Crippen molar-refractivity contribution < 1.29 is 18.5 Å². The van der Waals surface area contributed by atoms with Crippen LogP contribution in [-0.2, 0) is 39.9 Å². The Balaban J connectivity index is 1.27. The topological polar surface area (TPSA) is 85.7 Å². The van der Waals surface area contributed by atoms with Gasteiger partial charge in [-0.05, 0) is 111 Å². The summed E-state index contributed by atoms with van der Waals surface area (Å²) in [4.78, 5) is 20.6. The fourth-order valence-corrected chi connectivity index (χ4v) is 10.1. The van der Waals surface area contributed by atoms with Crippen LogP contribution >= 0.6 is 11.6 Å². The number of carbonyl (C=O) groups excluding carboxylic acids is 1. The Labute approximate surface area is 290 Å². The zero-order chi connectivity index (χ0) is 33.5. The Morgan fingerprint density at radius 3 is 2.85 bits per heavy atom. The number of carbonyl (C=O) groups is 1. The Hall–Kier alpha value is -3.27. The molecule has 1 aromatic heterocycles. The molecular weight excluding hydrogens is 644 g/mol. The van der Waals surface area contributed by atoms with Gasteiger partial charge in [-0.2, -0.15) is 0 Å². The second kappa shape index (κ2) is 13.6. The average Bonchev–Trinajstić information content (AvgIpc) is 3.40. The third kappa shape index (κ3) is 6.53. The summed E-state index contributed by atoms with van der Waals surface area (Å²) < 4.78 is 32.0. The summed E-state index contributed by atoms with van der Waals surface area (Å²) in [5.41, 5.74) is 3.76. The second-order valence-corrected chi connectivity index (χ2v) is 17.0. The molecule has 8 nitrogen and oxygen atoms in total. The molecule has 4 aliphatic rings. The Morgan fingerprint density at radius 1 is 1.21 bits per heavy atom. The first-order valence-corrected chi connectivity index (χ1v) is 19.6. The number of amides is 1. The van der Waals surface area contributed by atoms with Crippen LogP contribution < -0.4 is 14.4 Å². The monoisotopic (exact) mass is 690 g/mol. The normalized spacial score (nSPS) is 31.1. The lowest BCUT2D eigenvalue weighted by Gasteiger charge is -2.46. The van der Waals surface area contributed by atoms with E-state index in [9.17, 15) is 9.00 Å². The summed E-state index contributed by atoms with van der Waals surface area (Å²) in [6, 6.07) is 11.9. The number of anilines is 1. The lowest BCUT2D eigenvalue weighted by molar-refractivity contribution is -0.0255. The van der Waals surface area contributed by atoms with Gasteiger partial charge in [0.2, 0.25) is 0 Å². The highest BCUT2D eigenvalue weighted by atomic mass is 35.5. The maximum Gasteiger partial charge on any atom is 0.262 e. The molecule has 0 radical (unpaired) electrons. The van der Waals surface area contributed by atoms with Crippen LogP contribution in [0, 0.1) is 11.8 Å². The number of allylic oxidation sites excluding steroid dienone is 1. The highest BCUT2D eigenvalue weighted by molar-refractivity contribution is 7.99. The fraction of sp³-hybridized carbons (Fsp3) is 0.500. The van der Waals surface area contributed by atoms with Gasteiger partial charge in [-0.15, -0.1) is 0 Å². The van der Waals surface area contributed by atoms with Crippen molar-refractivity contribution in [2.75, 3.05) is 24.6 Å². The van der Waals surface area contributed by atoms with Crippen LogP contribution in [0.2, 0.25) is 5.02 Å². The number of imidazole rings is 1. The molecule has 1 spiro atoms. The second-order valence-electron chi connectivity index (χ2n) is 14.2. The summed E-state index contributed by atoms with van der Waals surface area (Å²) in [7, 11) is -0.905. The van der Waals surface area contributed by atoms with E-state index in [0.29, 0.717) is 43.5 Å². The number of benzene rings is 2. The summed E-state index contributed by atoms with van der Waals surface area (Å²) in [6.07, 6.45) is 15.4. The predicted octanol–water partition coefficient (Wildman–Crippen LogP) is 6.65. The van der Waals surface area contributed by atoms with Gasteiger partial charge in [-0.25, -0.2) is 9.19 Å². The standard InChI is InChI=1S/C38H47ClN4O4S/c1-4-30-9-5-6-10-34(46-23-36-40-18-19-42(36)2)31-14-11-28(31)22-43-24-38(17-7-8-26-20-29(39)13-15-32(26)38)25-47-35-16-12-27(21-33(35)43)37(44)41-48(30,3)45/h6,10,12-13,15-16,18-21,28,30-31,34H,3-5,7-9,11,14,17,22-25H2,1-2H3,(H,41,44,45)/b10-6+/t28-,30+,31+,34-,38-,48?/m0/s1. The zero-order valence-corrected chi connectivity index (χ0v) is 29.6. The Morgan fingerprint density at radius 2 is 2.08 bits per heavy atom. The molecule has 2 bridgehead atoms. The summed E-state index contributed by atoms with van der Waals surface area (Å²) >= 11 is 6.47. The largest absolute Gasteiger partial charge is 0.490 e. The molecule has 1 N–H and O–H groups in total. The molecule has 1 amide bonds. The zero-order valence-electron chi connectivity index (χ0n) is 28.0. The van der Waals surface area contributed by atoms with Crippen LogP contribution in [0.3, 0.4) is 0 Å². The van der Waals surface area contributed by atoms with Crippen LogP contribution in [0.25, 0.3) is 0 Å². The van der Waals surface area contributed by atoms with Gasteiger partial charge in [-0.1, -0.05) is 36.7 Å². The van der Waals surface area contributed by atoms with Gasteiger partial charge < -0.3 is 18.9 Å². The van der Waals surface area contributed by atoms with Crippen LogP contribution in [0.15, 0.2) is 60.9 Å². The number of hydrogen-bond donors (Lipinski definition) is 1. The molecule has 2 aromatic carbocycles. The maximum absolute atomic E-state index is 13.9. The minimum atomic E-state index is -2.90. The van der Waals surface area contributed by atoms with E-state index in [1.54, 1.807) is 12.3 Å². The number of fused-ring (bicyclic) bond motifs is 4. The summed E-state index contributed by atoms with van der Waals surface area (Å²) in [6.45, 7) is 4.57. The maximum atomic E-state index is 13.9. The first kappa shape index (κ1) is 33.2. The van der Waals surface area contributed by atoms with Crippen molar-refractivity contribution in [2.24, 2.45) is 18.9 Å². The highest BCUT2D eigenvalue weighted by Gasteiger charge is 2.44. The van der Waals surface area contributed by atoms with E-state index in [2.05, 4.69) is 44.8 Å². The molecule has 3 aromatic rings. The molecule has 1 saturated carbocycles. The molecule has 256 valence electrons. The minimum absolute atomic E-state index is 0.0715. The average molecular weight is 691 g/mol. The van der Waals surface area contributed by atoms with Crippen LogP contribution in [-0.4, -0.2) is 56.6 Å². The van der Waals surface area contributed by atoms with Crippen molar-refractivity contribution in [1.82, 2.24) is 14.3 Å². The van der Waals surface area contributed by atoms with E-state index in [0.717, 1.165) is 73.9 Å². The van der Waals surface area contributed by atoms with E-state index in [1.165, 1.54) is 11.1 Å². The van der Waals surface area contributed by atoms with Crippen LogP contribution in [0.5, 0.6) is 5.75 Å². The van der Waals surface area contributed by atoms with Crippen LogP contribution in [0.4, 0.5) is 5.69 Å². The SMILES string of the molecule is C=S1(=O)NC(=O)c2ccc3c(c2)N(C[C@@H]2CC[C@H]2[C@@H](OCc2nccn2C)/C=C/CC[C@H]1CC)C[C@@]1(CCCc2cc(Cl)ccc21)CO3. The van der Waals surface area contributed by atoms with E-state index in [4.69, 9.17) is 21.1 Å². The van der Waals surface area contributed by atoms with Gasteiger partial charge in [0.1, 0.15) is 18.2 Å². The number of halogens is 1. The lowest BCUT2D eigenvalue weighted by Crippen LogP contribution is -2.49. The van der Waals surface area contributed by atoms with Crippen molar-refractivity contribution in [1.29, 1.82) is 0 Å². The van der Waals surface area contributed by atoms with Crippen molar-refractivity contribution in [3.8, 4) is 5.75 Å². The van der Waals surface area contributed by atoms with Crippen molar-refractivity contribution >= 4 is 38.8 Å². The molecule has 1 fully saturated rings. The number of aryl methyl sites for hydroxylation is 2. The lowest BCUT2D eigenvalue weighted by atomic mass is 9.68. The first-order valence-electron chi connectivity index (χ1n) is 17.4. The van der Waals surface area contributed by atoms with E-state index in [1.807, 2.05) is 42.9 Å². The number of aromatic nitrogens is 2. The number of ether oxygens (including phenoxy) is 2. The quantitative estimate of drug-likeness (QED) is 0.244. The number of nitrogens with zero attached hydrogens (tertiary/aromatic N) is 3. The van der Waals surface area contributed by atoms with Gasteiger partial charge in [0.25, 0.3) is 5.91 Å². The van der Waals surface area contributed by atoms with Gasteiger partial charge in [-0.3, -0.25) is 9.52 Å². The molecule has 1 unspecified atom stereocenters. The molecule has 2 aliphatic carbocycles. The fourth-order valence-electron chi connectivity index (χ4n) is 8.30. The smallest absolute Gasteiger partial charge is 0.262 e. The van der Waals surface area contributed by atoms with Crippen molar-refractivity contribution in [2.45, 2.75) is 81.7 Å². The molecule has 3 heterocycles. The van der Waals surface area contributed by atoms with E-state index < -0.39 is 9.71 Å². The molecule has 0 saturated heterocycles. The molecule has 10 heteroatoms. The minimum Gasteiger partial charge on any atom is -0.490 e. The van der Waals surface area contributed by atoms with Gasteiger partial charge >= 0.3 is 0 Å². The van der Waals surface area contributed by atoms with E-state index >= 15 is 0 Å². The van der Waals surface area contributed by atoms with E-state index in [-0.39, 0.29) is 22.7 Å². The van der Waals surface area contributed by atoms with Crippen molar-refractivity contribution in [3.05, 3.63) is 88.5 Å². The number of nitrogens with one attached hydrogen (secondary N) is 1. The highest BCUT2D eigenvalue weighted by Crippen LogP contribution is 2.47. The van der Waals surface area contributed by atoms with Crippen molar-refractivity contribution in [3.63, 3.8) is 0 Å². The number of hydrogen-bond acceptors (Lipinski definition) is 6. The Bertz CT molecular complexity index is 1810. The van der Waals surface area contributed by atoms with Gasteiger partial charge in [0.15, 0.2) is 0 Å². The van der Waals surface area contributed by atoms with Gasteiger partial charge in [0, 0.05) is 53.8 Å². The third-order valence-electron chi connectivity index (χ3n) is 11.2. The molecule has 6 atom stereocenters. The summed E-state index contributed by atoms with van der Waals surface area (Å²) in [5, 5.41) is 0.515.